The standard InChI is InChI=1S/C18H31N5OS.HI/c1-13(17-19-11-14(2)25-17)10-20-18(21-12-16(24)23(3)4)22-15-8-6-5-7-9-15;/h11,13,15H,5-10,12H2,1-4H3,(H2,20,21,22);1H. The molecule has 6 nitrogen and oxygen atoms in total. The number of hydrogen-bond donors (Lipinski definition) is 2. The van der Waals surface area contributed by atoms with Gasteiger partial charge in [0.05, 0.1) is 5.01 Å². The van der Waals surface area contributed by atoms with Crippen molar-refractivity contribution in [3.63, 3.8) is 0 Å². The lowest BCUT2D eigenvalue weighted by molar-refractivity contribution is -0.127. The molecule has 0 saturated heterocycles. The molecule has 1 aromatic rings. The summed E-state index contributed by atoms with van der Waals surface area (Å²) in [5.74, 6) is 1.05. The molecular weight excluding hydrogens is 461 g/mol. The van der Waals surface area contributed by atoms with Crippen LogP contribution in [0.3, 0.4) is 0 Å². The monoisotopic (exact) mass is 493 g/mol. The molecule has 1 fully saturated rings. The lowest BCUT2D eigenvalue weighted by Gasteiger charge is -2.25. The smallest absolute Gasteiger partial charge is 0.243 e. The molecule has 0 aliphatic heterocycles. The number of halogens is 1. The van der Waals surface area contributed by atoms with Gasteiger partial charge in [-0.05, 0) is 19.8 Å². The molecule has 2 N–H and O–H groups in total. The van der Waals surface area contributed by atoms with Crippen LogP contribution in [-0.2, 0) is 4.79 Å². The Morgan fingerprint density at radius 1 is 1.38 bits per heavy atom. The van der Waals surface area contributed by atoms with Gasteiger partial charge in [0.1, 0.15) is 6.54 Å². The van der Waals surface area contributed by atoms with Crippen LogP contribution in [0.2, 0.25) is 0 Å². The summed E-state index contributed by atoms with van der Waals surface area (Å²) in [5, 5.41) is 8.05. The molecule has 1 saturated carbocycles. The molecule has 0 bridgehead atoms. The Kier molecular flexibility index (Phi) is 10.4. The molecule has 1 heterocycles. The van der Waals surface area contributed by atoms with Gasteiger partial charge in [-0.15, -0.1) is 35.3 Å². The topological polar surface area (TPSA) is 69.6 Å². The minimum Gasteiger partial charge on any atom is -0.356 e. The van der Waals surface area contributed by atoms with Crippen LogP contribution in [0.25, 0.3) is 0 Å². The molecule has 1 unspecified atom stereocenters. The molecule has 26 heavy (non-hydrogen) atoms. The highest BCUT2D eigenvalue weighted by atomic mass is 127. The average Bonchev–Trinajstić information content (AvgIpc) is 3.04. The highest BCUT2D eigenvalue weighted by molar-refractivity contribution is 14.0. The van der Waals surface area contributed by atoms with Crippen LogP contribution in [0.15, 0.2) is 11.2 Å². The molecule has 1 aromatic heterocycles. The van der Waals surface area contributed by atoms with E-state index in [1.54, 1.807) is 30.3 Å². The van der Waals surface area contributed by atoms with Crippen LogP contribution in [0.4, 0.5) is 0 Å². The number of thiazole rings is 1. The Morgan fingerprint density at radius 3 is 2.65 bits per heavy atom. The normalized spacial score (nSPS) is 16.5. The number of carbonyl (C=O) groups is 1. The largest absolute Gasteiger partial charge is 0.356 e. The van der Waals surface area contributed by atoms with E-state index in [0.29, 0.717) is 12.0 Å². The maximum atomic E-state index is 11.9. The van der Waals surface area contributed by atoms with Gasteiger partial charge in [0, 0.05) is 43.7 Å². The van der Waals surface area contributed by atoms with E-state index in [0.717, 1.165) is 17.5 Å². The van der Waals surface area contributed by atoms with E-state index >= 15 is 0 Å². The maximum absolute atomic E-state index is 11.9. The number of aliphatic imine (C=N–C) groups is 1. The summed E-state index contributed by atoms with van der Waals surface area (Å²) in [4.78, 5) is 23.6. The van der Waals surface area contributed by atoms with Gasteiger partial charge >= 0.3 is 0 Å². The van der Waals surface area contributed by atoms with Crippen molar-refractivity contribution in [2.24, 2.45) is 4.99 Å². The second kappa shape index (κ2) is 11.7. The first-order chi connectivity index (χ1) is 12.0. The number of amides is 1. The molecule has 1 amide bonds. The van der Waals surface area contributed by atoms with Crippen LogP contribution < -0.4 is 10.6 Å². The zero-order valence-corrected chi connectivity index (χ0v) is 19.4. The molecule has 0 spiro atoms. The van der Waals surface area contributed by atoms with Gasteiger partial charge in [0.15, 0.2) is 5.96 Å². The lowest BCUT2D eigenvalue weighted by atomic mass is 9.96. The van der Waals surface area contributed by atoms with Crippen LogP contribution >= 0.6 is 35.3 Å². The zero-order valence-electron chi connectivity index (χ0n) is 16.2. The minimum absolute atomic E-state index is 0. The summed E-state index contributed by atoms with van der Waals surface area (Å²) >= 11 is 1.73. The summed E-state index contributed by atoms with van der Waals surface area (Å²) < 4.78 is 0. The van der Waals surface area contributed by atoms with E-state index < -0.39 is 0 Å². The Bertz CT molecular complexity index is 584. The highest BCUT2D eigenvalue weighted by Crippen LogP contribution is 2.20. The number of rotatable bonds is 6. The third-order valence-electron chi connectivity index (χ3n) is 4.45. The minimum atomic E-state index is 0. The van der Waals surface area contributed by atoms with Gasteiger partial charge < -0.3 is 15.5 Å². The number of guanidine groups is 1. The Morgan fingerprint density at radius 2 is 2.08 bits per heavy atom. The molecule has 2 rings (SSSR count). The number of carbonyl (C=O) groups excluding carboxylic acids is 1. The van der Waals surface area contributed by atoms with Gasteiger partial charge in [-0.25, -0.2) is 9.98 Å². The van der Waals surface area contributed by atoms with Gasteiger partial charge in [0.25, 0.3) is 0 Å². The lowest BCUT2D eigenvalue weighted by Crippen LogP contribution is -2.45. The zero-order chi connectivity index (χ0) is 18.2. The fourth-order valence-electron chi connectivity index (χ4n) is 2.82. The molecule has 1 aliphatic rings. The quantitative estimate of drug-likeness (QED) is 0.363. The van der Waals surface area contributed by atoms with Crippen LogP contribution in [0.5, 0.6) is 0 Å². The number of nitrogens with one attached hydrogen (secondary N) is 2. The Balaban J connectivity index is 0.00000338. The third kappa shape index (κ3) is 7.77. The van der Waals surface area contributed by atoms with E-state index in [-0.39, 0.29) is 36.4 Å². The first-order valence-electron chi connectivity index (χ1n) is 9.13. The molecule has 1 aliphatic carbocycles. The Hall–Kier alpha value is -0.900. The summed E-state index contributed by atoms with van der Waals surface area (Å²) in [5.41, 5.74) is 0. The first-order valence-corrected chi connectivity index (χ1v) is 9.94. The van der Waals surface area contributed by atoms with Crippen molar-refractivity contribution >= 4 is 47.2 Å². The van der Waals surface area contributed by atoms with Crippen molar-refractivity contribution < 1.29 is 4.79 Å². The van der Waals surface area contributed by atoms with Gasteiger partial charge in [-0.3, -0.25) is 4.79 Å². The molecule has 148 valence electrons. The van der Waals surface area contributed by atoms with Gasteiger partial charge in [-0.1, -0.05) is 26.2 Å². The van der Waals surface area contributed by atoms with Crippen molar-refractivity contribution in [3.8, 4) is 0 Å². The summed E-state index contributed by atoms with van der Waals surface area (Å²) in [6, 6.07) is 0.451. The predicted molar refractivity (Wildman–Crippen MR) is 120 cm³/mol. The van der Waals surface area contributed by atoms with Gasteiger partial charge in [0.2, 0.25) is 5.91 Å². The first kappa shape index (κ1) is 23.1. The summed E-state index contributed by atoms with van der Waals surface area (Å²) in [6.45, 7) is 5.15. The number of nitrogens with zero attached hydrogens (tertiary/aromatic N) is 3. The fraction of sp³-hybridized carbons (Fsp3) is 0.722. The number of likely N-dealkylation sites (N-methyl/N-ethyl adjacent to an activating group) is 1. The molecule has 1 atom stereocenters. The number of aromatic nitrogens is 1. The summed E-state index contributed by atoms with van der Waals surface area (Å²) in [6.07, 6.45) is 8.10. The van der Waals surface area contributed by atoms with E-state index in [1.165, 1.54) is 37.0 Å². The summed E-state index contributed by atoms with van der Waals surface area (Å²) in [7, 11) is 3.51. The van der Waals surface area contributed by atoms with Crippen LogP contribution in [0, 0.1) is 6.92 Å². The Labute approximate surface area is 178 Å². The third-order valence-corrected chi connectivity index (χ3v) is 5.60. The predicted octanol–water partition coefficient (Wildman–Crippen LogP) is 3.13. The number of hydrogen-bond acceptors (Lipinski definition) is 4. The van der Waals surface area contributed by atoms with Crippen LogP contribution in [0.1, 0.15) is 54.8 Å². The molecule has 8 heteroatoms. The van der Waals surface area contributed by atoms with Crippen molar-refractivity contribution in [3.05, 3.63) is 16.1 Å². The average molecular weight is 493 g/mol. The molecule has 0 radical (unpaired) electrons. The van der Waals surface area contributed by atoms with E-state index in [2.05, 4.69) is 34.5 Å². The van der Waals surface area contributed by atoms with Gasteiger partial charge in [-0.2, -0.15) is 0 Å². The second-order valence-corrected chi connectivity index (χ2v) is 8.29. The van der Waals surface area contributed by atoms with E-state index in [1.807, 2.05) is 6.20 Å². The van der Waals surface area contributed by atoms with E-state index in [4.69, 9.17) is 0 Å². The molecule has 0 aromatic carbocycles. The van der Waals surface area contributed by atoms with Crippen LogP contribution in [-0.4, -0.2) is 55.0 Å². The SMILES string of the molecule is Cc1cnc(C(C)CNC(=NCC(=O)N(C)C)NC2CCCCC2)s1.I. The maximum Gasteiger partial charge on any atom is 0.243 e. The van der Waals surface area contributed by atoms with E-state index in [9.17, 15) is 4.79 Å². The van der Waals surface area contributed by atoms with Crippen molar-refractivity contribution in [1.29, 1.82) is 0 Å². The van der Waals surface area contributed by atoms with Crippen molar-refractivity contribution in [1.82, 2.24) is 20.5 Å². The molecular formula is C18H32IN5OS. The number of aryl methyl sites for hydroxylation is 1. The highest BCUT2D eigenvalue weighted by Gasteiger charge is 2.16. The van der Waals surface area contributed by atoms with Crippen molar-refractivity contribution in [2.45, 2.75) is 57.9 Å². The fourth-order valence-corrected chi connectivity index (χ4v) is 3.64. The second-order valence-electron chi connectivity index (χ2n) is 7.02. The van der Waals surface area contributed by atoms with Crippen molar-refractivity contribution in [2.75, 3.05) is 27.2 Å².